The number of urea groups is 1. The fourth-order valence-electron chi connectivity index (χ4n) is 11.1. The van der Waals surface area contributed by atoms with Crippen molar-refractivity contribution in [3.05, 3.63) is 64.8 Å². The molecule has 0 spiro atoms. The van der Waals surface area contributed by atoms with Crippen LogP contribution in [-0.4, -0.2) is 142 Å². The van der Waals surface area contributed by atoms with E-state index >= 15 is 0 Å². The molecule has 17 nitrogen and oxygen atoms in total. The van der Waals surface area contributed by atoms with Crippen molar-refractivity contribution in [2.45, 2.75) is 82.0 Å². The molecule has 3 aromatic rings. The minimum absolute atomic E-state index is 0.0101. The van der Waals surface area contributed by atoms with Crippen LogP contribution < -0.4 is 26.2 Å². The van der Waals surface area contributed by atoms with Gasteiger partial charge in [-0.2, -0.15) is 4.98 Å². The smallest absolute Gasteiger partial charge is 0.320 e. The van der Waals surface area contributed by atoms with E-state index in [1.54, 1.807) is 9.80 Å². The van der Waals surface area contributed by atoms with Crippen LogP contribution in [-0.2, 0) is 16.1 Å². The lowest BCUT2D eigenvalue weighted by Gasteiger charge is -2.38. The van der Waals surface area contributed by atoms with E-state index in [-0.39, 0.29) is 53.8 Å². The maximum Gasteiger partial charge on any atom is 0.320 e. The van der Waals surface area contributed by atoms with Crippen LogP contribution >= 0.6 is 0 Å². The number of rotatable bonds is 10. The quantitative estimate of drug-likeness (QED) is 0.254. The standard InChI is InChI=1S/C44H54N12O5/c1-51-18-19-54(44(51)61)35-20-27-21-36(35)56(24-27)43-48-40(38(39(45)58)49-50-43)46-31-4-2-28(3-5-31)29-12-14-52(15-13-29)23-26-10-16-53(17-11-26)32-6-7-33-30(22-32)25-55(42(33)60)34-8-9-37(57)47-41(34)59/h2-7,22,26-27,29,34-36H,8-21,23-25H2,1H3,(H2,45,58)(H,46,48,50)(H,47,57,59). The largest absolute Gasteiger partial charge is 0.372 e. The molecule has 6 fully saturated rings. The predicted octanol–water partition coefficient (Wildman–Crippen LogP) is 2.91. The maximum absolute atomic E-state index is 13.2. The summed E-state index contributed by atoms with van der Waals surface area (Å²) in [5, 5.41) is 14.3. The third-order valence-electron chi connectivity index (χ3n) is 14.5. The second-order valence-corrected chi connectivity index (χ2v) is 18.2. The molecule has 17 heteroatoms. The van der Waals surface area contributed by atoms with Gasteiger partial charge in [-0.25, -0.2) is 4.79 Å². The first-order valence-electron chi connectivity index (χ1n) is 22.0. The number of aromatic nitrogens is 3. The first-order valence-corrected chi connectivity index (χ1v) is 22.0. The molecule has 1 saturated carbocycles. The fraction of sp³-hybridized carbons (Fsp3) is 0.545. The number of benzene rings is 2. The number of amides is 6. The number of fused-ring (bicyclic) bond motifs is 3. The van der Waals surface area contributed by atoms with Gasteiger partial charge in [0.1, 0.15) is 6.04 Å². The number of piperidine rings is 4. The van der Waals surface area contributed by atoms with Crippen LogP contribution in [0.1, 0.15) is 89.3 Å². The van der Waals surface area contributed by atoms with Crippen LogP contribution in [0.3, 0.4) is 0 Å². The van der Waals surface area contributed by atoms with Crippen molar-refractivity contribution in [3.8, 4) is 0 Å². The zero-order valence-corrected chi connectivity index (χ0v) is 34.7. The van der Waals surface area contributed by atoms with Crippen molar-refractivity contribution < 1.29 is 24.0 Å². The lowest BCUT2D eigenvalue weighted by molar-refractivity contribution is -0.136. The summed E-state index contributed by atoms with van der Waals surface area (Å²) >= 11 is 0. The summed E-state index contributed by atoms with van der Waals surface area (Å²) in [6.45, 7) is 7.81. The molecule has 320 valence electrons. The second-order valence-electron chi connectivity index (χ2n) is 18.2. The summed E-state index contributed by atoms with van der Waals surface area (Å²) in [6, 6.07) is 14.1. The Kier molecular flexibility index (Phi) is 10.2. The number of nitrogens with zero attached hydrogens (tertiary/aromatic N) is 9. The van der Waals surface area contributed by atoms with Gasteiger partial charge in [0.15, 0.2) is 11.5 Å². The molecule has 4 N–H and O–H groups in total. The summed E-state index contributed by atoms with van der Waals surface area (Å²) in [7, 11) is 1.84. The number of nitrogens with one attached hydrogen (secondary N) is 2. The molecule has 1 aliphatic carbocycles. The predicted molar refractivity (Wildman–Crippen MR) is 226 cm³/mol. The highest BCUT2D eigenvalue weighted by atomic mass is 16.2. The van der Waals surface area contributed by atoms with E-state index < -0.39 is 11.9 Å². The molecule has 0 radical (unpaired) electrons. The topological polar surface area (TPSA) is 194 Å². The summed E-state index contributed by atoms with van der Waals surface area (Å²) in [5.41, 5.74) is 10.5. The summed E-state index contributed by atoms with van der Waals surface area (Å²) in [6.07, 6.45) is 6.99. The Hall–Kier alpha value is -5.84. The number of nitrogens with two attached hydrogens (primary N) is 1. The van der Waals surface area contributed by atoms with Crippen LogP contribution in [0.15, 0.2) is 42.5 Å². The number of carbonyl (C=O) groups is 5. The van der Waals surface area contributed by atoms with Crippen molar-refractivity contribution in [2.24, 2.45) is 17.6 Å². The average Bonchev–Trinajstić information content (AvgIpc) is 4.04. The lowest BCUT2D eigenvalue weighted by Crippen LogP contribution is -2.52. The Morgan fingerprint density at radius 2 is 1.61 bits per heavy atom. The Morgan fingerprint density at radius 1 is 0.852 bits per heavy atom. The number of hydrogen-bond acceptors (Lipinski definition) is 12. The average molecular weight is 831 g/mol. The number of hydrogen-bond donors (Lipinski definition) is 3. The number of anilines is 4. The Labute approximate surface area is 355 Å². The van der Waals surface area contributed by atoms with Gasteiger partial charge in [-0.15, -0.1) is 10.2 Å². The van der Waals surface area contributed by atoms with E-state index in [2.05, 4.69) is 53.7 Å². The summed E-state index contributed by atoms with van der Waals surface area (Å²) in [4.78, 5) is 79.9. The molecule has 7 heterocycles. The third-order valence-corrected chi connectivity index (χ3v) is 14.5. The zero-order valence-electron chi connectivity index (χ0n) is 34.7. The van der Waals surface area contributed by atoms with E-state index in [0.29, 0.717) is 42.2 Å². The maximum atomic E-state index is 13.2. The molecular formula is C44H54N12O5. The summed E-state index contributed by atoms with van der Waals surface area (Å²) in [5.74, 6) is 0.783. The Balaban J connectivity index is 0.705. The first-order chi connectivity index (χ1) is 29.6. The van der Waals surface area contributed by atoms with Gasteiger partial charge < -0.3 is 40.4 Å². The van der Waals surface area contributed by atoms with Crippen molar-refractivity contribution in [2.75, 3.05) is 74.5 Å². The molecule has 4 atom stereocenters. The van der Waals surface area contributed by atoms with Crippen molar-refractivity contribution in [1.29, 1.82) is 0 Å². The molecule has 6 aliphatic heterocycles. The molecule has 61 heavy (non-hydrogen) atoms. The number of imide groups is 1. The molecule has 10 rings (SSSR count). The molecule has 4 unspecified atom stereocenters. The number of likely N-dealkylation sites (N-methyl/N-ethyl adjacent to an activating group) is 1. The number of primary amides is 1. The third kappa shape index (κ3) is 7.50. The minimum Gasteiger partial charge on any atom is -0.372 e. The van der Waals surface area contributed by atoms with Gasteiger partial charge in [0.25, 0.3) is 11.8 Å². The number of likely N-dealkylation sites (tertiary alicyclic amines) is 1. The van der Waals surface area contributed by atoms with Crippen LogP contribution in [0.25, 0.3) is 0 Å². The molecular weight excluding hydrogens is 777 g/mol. The molecule has 6 amide bonds. The number of carbonyl (C=O) groups excluding carboxylic acids is 5. The Morgan fingerprint density at radius 3 is 2.30 bits per heavy atom. The molecule has 2 bridgehead atoms. The van der Waals surface area contributed by atoms with Gasteiger partial charge in [0.2, 0.25) is 17.8 Å². The van der Waals surface area contributed by atoms with E-state index in [0.717, 1.165) is 108 Å². The van der Waals surface area contributed by atoms with Gasteiger partial charge in [-0.3, -0.25) is 24.5 Å². The fourth-order valence-corrected chi connectivity index (χ4v) is 11.1. The van der Waals surface area contributed by atoms with Crippen LogP contribution in [0, 0.1) is 11.8 Å². The van der Waals surface area contributed by atoms with Crippen molar-refractivity contribution in [3.63, 3.8) is 0 Å². The van der Waals surface area contributed by atoms with Gasteiger partial charge in [0.05, 0.1) is 12.1 Å². The zero-order chi connectivity index (χ0) is 41.9. The minimum atomic E-state index is -0.700. The van der Waals surface area contributed by atoms with E-state index in [1.165, 1.54) is 5.56 Å². The molecule has 1 aromatic heterocycles. The van der Waals surface area contributed by atoms with Gasteiger partial charge in [-0.05, 0) is 117 Å². The van der Waals surface area contributed by atoms with Gasteiger partial charge in [0, 0.05) is 76.2 Å². The highest BCUT2D eigenvalue weighted by Gasteiger charge is 2.51. The lowest BCUT2D eigenvalue weighted by atomic mass is 9.88. The molecule has 2 aromatic carbocycles. The van der Waals surface area contributed by atoms with Crippen LogP contribution in [0.4, 0.5) is 27.9 Å². The van der Waals surface area contributed by atoms with Gasteiger partial charge >= 0.3 is 6.03 Å². The summed E-state index contributed by atoms with van der Waals surface area (Å²) < 4.78 is 0. The van der Waals surface area contributed by atoms with Crippen LogP contribution in [0.2, 0.25) is 0 Å². The molecule has 5 saturated heterocycles. The van der Waals surface area contributed by atoms with E-state index in [4.69, 9.17) is 10.7 Å². The highest BCUT2D eigenvalue weighted by molar-refractivity contribution is 6.05. The van der Waals surface area contributed by atoms with E-state index in [1.807, 2.05) is 36.2 Å². The normalized spacial score (nSPS) is 26.1. The SMILES string of the molecule is CN1CCN(C2CC3CC2N(c2nnc(C(N)=O)c(Nc4ccc(C5CCN(CC6CCN(c7ccc8c(c7)CN(C7CCC(=O)NC7=O)C8=O)CC6)CC5)cc4)n2)C3)C1=O. The second kappa shape index (κ2) is 15.9. The van der Waals surface area contributed by atoms with Crippen molar-refractivity contribution >= 4 is 52.8 Å². The van der Waals surface area contributed by atoms with Gasteiger partial charge in [-0.1, -0.05) is 12.1 Å². The van der Waals surface area contributed by atoms with Crippen molar-refractivity contribution in [1.82, 2.24) is 40.1 Å². The monoisotopic (exact) mass is 830 g/mol. The Bertz CT molecular complexity index is 2240. The highest BCUT2D eigenvalue weighted by Crippen LogP contribution is 2.43. The van der Waals surface area contributed by atoms with Crippen LogP contribution in [0.5, 0.6) is 0 Å². The van der Waals surface area contributed by atoms with E-state index in [9.17, 15) is 24.0 Å². The first kappa shape index (κ1) is 39.3. The molecule has 7 aliphatic rings.